The lowest BCUT2D eigenvalue weighted by molar-refractivity contribution is -0.117. The molecule has 2 heterocycles. The summed E-state index contributed by atoms with van der Waals surface area (Å²) in [7, 11) is 1.63. The average molecular weight is 424 g/mol. The van der Waals surface area contributed by atoms with Crippen LogP contribution in [0.5, 0.6) is 5.75 Å². The van der Waals surface area contributed by atoms with Gasteiger partial charge in [-0.25, -0.2) is 4.98 Å². The highest BCUT2D eigenvalue weighted by Gasteiger charge is 2.35. The minimum atomic E-state index is 0.0185. The number of imidazole rings is 1. The van der Waals surface area contributed by atoms with Gasteiger partial charge in [-0.05, 0) is 29.8 Å². The van der Waals surface area contributed by atoms with Crippen LogP contribution in [0.4, 0.5) is 5.69 Å². The van der Waals surface area contributed by atoms with E-state index in [1.807, 2.05) is 65.6 Å². The summed E-state index contributed by atoms with van der Waals surface area (Å²) in [6.07, 6.45) is 4.71. The molecule has 1 aromatic heterocycles. The Morgan fingerprint density at radius 3 is 2.59 bits per heavy atom. The van der Waals surface area contributed by atoms with Crippen LogP contribution in [0.25, 0.3) is 17.1 Å². The topological polar surface area (TPSA) is 47.4 Å². The van der Waals surface area contributed by atoms with Gasteiger partial charge in [-0.15, -0.1) is 0 Å². The number of amides is 1. The van der Waals surface area contributed by atoms with E-state index in [2.05, 4.69) is 34.9 Å². The highest BCUT2D eigenvalue weighted by Crippen LogP contribution is 2.37. The van der Waals surface area contributed by atoms with Crippen molar-refractivity contribution in [2.75, 3.05) is 18.6 Å². The molecular formula is C27H25N3O2. The first kappa shape index (κ1) is 20.1. The van der Waals surface area contributed by atoms with E-state index < -0.39 is 0 Å². The third-order valence-electron chi connectivity index (χ3n) is 5.95. The number of ether oxygens (including phenoxy) is 1. The number of nitrogens with zero attached hydrogens (tertiary/aromatic N) is 3. The number of carbonyl (C=O) groups is 1. The van der Waals surface area contributed by atoms with Crippen LogP contribution in [0.2, 0.25) is 0 Å². The minimum Gasteiger partial charge on any atom is -0.495 e. The van der Waals surface area contributed by atoms with Crippen LogP contribution in [0.15, 0.2) is 84.9 Å². The highest BCUT2D eigenvalue weighted by molar-refractivity contribution is 5.97. The molecule has 32 heavy (non-hydrogen) atoms. The van der Waals surface area contributed by atoms with Crippen LogP contribution in [0, 0.1) is 0 Å². The number of benzene rings is 3. The van der Waals surface area contributed by atoms with E-state index in [4.69, 9.17) is 9.72 Å². The lowest BCUT2D eigenvalue weighted by Gasteiger charge is -2.19. The highest BCUT2D eigenvalue weighted by atomic mass is 16.5. The molecule has 1 saturated heterocycles. The van der Waals surface area contributed by atoms with Gasteiger partial charge in [0.1, 0.15) is 11.6 Å². The molecule has 1 atom stereocenters. The van der Waals surface area contributed by atoms with Crippen LogP contribution in [0.1, 0.15) is 23.7 Å². The number of fused-ring (bicyclic) bond motifs is 1. The number of para-hydroxylation sites is 4. The first-order valence-corrected chi connectivity index (χ1v) is 10.8. The van der Waals surface area contributed by atoms with Gasteiger partial charge in [0.15, 0.2) is 0 Å². The SMILES string of the molecule is COc1ccccc1N1C[C@@H](c2nc3ccccc3n2C/C=C/c2ccccc2)CC1=O. The number of carbonyl (C=O) groups excluding carboxylic acids is 1. The molecule has 0 aliphatic carbocycles. The third-order valence-corrected chi connectivity index (χ3v) is 5.95. The molecule has 160 valence electrons. The molecule has 5 rings (SSSR count). The van der Waals surface area contributed by atoms with Gasteiger partial charge >= 0.3 is 0 Å². The zero-order valence-electron chi connectivity index (χ0n) is 18.0. The lowest BCUT2D eigenvalue weighted by Crippen LogP contribution is -2.25. The van der Waals surface area contributed by atoms with Gasteiger partial charge in [0, 0.05) is 25.4 Å². The van der Waals surface area contributed by atoms with Gasteiger partial charge in [-0.1, -0.05) is 66.7 Å². The molecule has 1 aliphatic rings. The van der Waals surface area contributed by atoms with Crippen molar-refractivity contribution in [3.05, 3.63) is 96.3 Å². The van der Waals surface area contributed by atoms with Gasteiger partial charge in [-0.2, -0.15) is 0 Å². The predicted molar refractivity (Wildman–Crippen MR) is 128 cm³/mol. The van der Waals surface area contributed by atoms with E-state index in [-0.39, 0.29) is 11.8 Å². The van der Waals surface area contributed by atoms with Crippen LogP contribution >= 0.6 is 0 Å². The summed E-state index contributed by atoms with van der Waals surface area (Å²) in [6, 6.07) is 26.1. The van der Waals surface area contributed by atoms with Gasteiger partial charge in [0.05, 0.1) is 23.8 Å². The van der Waals surface area contributed by atoms with E-state index in [0.717, 1.165) is 28.1 Å². The molecule has 0 bridgehead atoms. The second-order valence-electron chi connectivity index (χ2n) is 7.96. The summed E-state index contributed by atoms with van der Waals surface area (Å²) in [5, 5.41) is 0. The number of allylic oxidation sites excluding steroid dienone is 1. The van der Waals surface area contributed by atoms with E-state index >= 15 is 0 Å². The summed E-state index contributed by atoms with van der Waals surface area (Å²) in [5.41, 5.74) is 4.02. The van der Waals surface area contributed by atoms with Crippen LogP contribution < -0.4 is 9.64 Å². The van der Waals surface area contributed by atoms with Crippen molar-refractivity contribution in [2.45, 2.75) is 18.9 Å². The molecule has 5 heteroatoms. The fourth-order valence-electron chi connectivity index (χ4n) is 4.42. The van der Waals surface area contributed by atoms with E-state index in [1.54, 1.807) is 7.11 Å². The molecule has 0 N–H and O–H groups in total. The summed E-state index contributed by atoms with van der Waals surface area (Å²) in [4.78, 5) is 19.7. The quantitative estimate of drug-likeness (QED) is 0.424. The maximum Gasteiger partial charge on any atom is 0.227 e. The van der Waals surface area contributed by atoms with Crippen LogP contribution in [-0.4, -0.2) is 29.1 Å². The normalized spacial score (nSPS) is 16.3. The summed E-state index contributed by atoms with van der Waals surface area (Å²) >= 11 is 0. The monoisotopic (exact) mass is 423 g/mol. The smallest absolute Gasteiger partial charge is 0.227 e. The number of aromatic nitrogens is 2. The standard InChI is InChI=1S/C27H25N3O2/c1-32-25-16-8-7-15-24(25)30-19-21(18-26(30)31)27-28-22-13-5-6-14-23(22)29(27)17-9-12-20-10-3-2-4-11-20/h2-16,21H,17-19H2,1H3/b12-9+/t21-/m0/s1. The molecule has 4 aromatic rings. The minimum absolute atomic E-state index is 0.0185. The van der Waals surface area contributed by atoms with Crippen LogP contribution in [-0.2, 0) is 11.3 Å². The van der Waals surface area contributed by atoms with Crippen molar-refractivity contribution in [2.24, 2.45) is 0 Å². The Hall–Kier alpha value is -3.86. The Labute approximate surface area is 187 Å². The number of rotatable bonds is 6. The number of hydrogen-bond donors (Lipinski definition) is 0. The second kappa shape index (κ2) is 8.71. The van der Waals surface area contributed by atoms with Crippen molar-refractivity contribution in [1.82, 2.24) is 9.55 Å². The lowest BCUT2D eigenvalue weighted by atomic mass is 10.1. The first-order chi connectivity index (χ1) is 15.7. The fourth-order valence-corrected chi connectivity index (χ4v) is 4.42. The van der Waals surface area contributed by atoms with Crippen molar-refractivity contribution in [3.8, 4) is 5.75 Å². The molecule has 1 fully saturated rings. The number of methoxy groups -OCH3 is 1. The zero-order valence-corrected chi connectivity index (χ0v) is 18.0. The molecule has 0 spiro atoms. The molecule has 0 radical (unpaired) electrons. The summed E-state index contributed by atoms with van der Waals surface area (Å²) < 4.78 is 7.72. The van der Waals surface area contributed by atoms with Gasteiger partial charge < -0.3 is 14.2 Å². The third kappa shape index (κ3) is 3.78. The molecular weight excluding hydrogens is 398 g/mol. The Balaban J connectivity index is 1.47. The average Bonchev–Trinajstić information content (AvgIpc) is 3.40. The summed E-state index contributed by atoms with van der Waals surface area (Å²) in [6.45, 7) is 1.29. The predicted octanol–water partition coefficient (Wildman–Crippen LogP) is 5.28. The Morgan fingerprint density at radius 2 is 1.75 bits per heavy atom. The van der Waals surface area contributed by atoms with Crippen molar-refractivity contribution >= 4 is 28.7 Å². The zero-order chi connectivity index (χ0) is 21.9. The molecule has 1 aliphatic heterocycles. The van der Waals surface area contributed by atoms with Gasteiger partial charge in [0.2, 0.25) is 5.91 Å². The van der Waals surface area contributed by atoms with E-state index in [1.165, 1.54) is 0 Å². The van der Waals surface area contributed by atoms with Crippen molar-refractivity contribution in [3.63, 3.8) is 0 Å². The molecule has 5 nitrogen and oxygen atoms in total. The molecule has 0 saturated carbocycles. The molecule has 3 aromatic carbocycles. The Bertz CT molecular complexity index is 1280. The number of anilines is 1. The Morgan fingerprint density at radius 1 is 1.00 bits per heavy atom. The van der Waals surface area contributed by atoms with Gasteiger partial charge in [-0.3, -0.25) is 4.79 Å². The maximum atomic E-state index is 13.0. The maximum absolute atomic E-state index is 13.0. The van der Waals surface area contributed by atoms with E-state index in [9.17, 15) is 4.79 Å². The number of hydrogen-bond acceptors (Lipinski definition) is 3. The van der Waals surface area contributed by atoms with Gasteiger partial charge in [0.25, 0.3) is 0 Å². The van der Waals surface area contributed by atoms with Crippen molar-refractivity contribution in [1.29, 1.82) is 0 Å². The van der Waals surface area contributed by atoms with Crippen LogP contribution in [0.3, 0.4) is 0 Å². The molecule has 0 unspecified atom stereocenters. The Kier molecular flexibility index (Phi) is 5.46. The first-order valence-electron chi connectivity index (χ1n) is 10.8. The van der Waals surface area contributed by atoms with E-state index in [0.29, 0.717) is 25.3 Å². The second-order valence-corrected chi connectivity index (χ2v) is 7.96. The largest absolute Gasteiger partial charge is 0.495 e. The molecule has 1 amide bonds. The summed E-state index contributed by atoms with van der Waals surface area (Å²) in [5.74, 6) is 1.78. The fraction of sp³-hybridized carbons (Fsp3) is 0.185. The van der Waals surface area contributed by atoms with Crippen molar-refractivity contribution < 1.29 is 9.53 Å².